The predicted molar refractivity (Wildman–Crippen MR) is 150 cm³/mol. The predicted octanol–water partition coefficient (Wildman–Crippen LogP) is 5.02. The number of carbonyl (C=O) groups is 1. The molecule has 1 unspecified atom stereocenters. The Morgan fingerprint density at radius 2 is 1.79 bits per heavy atom. The molecular formula is C30H34N2O5S. The molecule has 7 nitrogen and oxygen atoms in total. The maximum absolute atomic E-state index is 14.0. The van der Waals surface area contributed by atoms with Gasteiger partial charge in [0.25, 0.3) is 10.0 Å². The van der Waals surface area contributed by atoms with E-state index in [2.05, 4.69) is 5.32 Å². The number of benzene rings is 3. The van der Waals surface area contributed by atoms with E-state index in [1.807, 2.05) is 19.1 Å². The first-order chi connectivity index (χ1) is 18.1. The Hall–Kier alpha value is -3.62. The molecule has 0 saturated carbocycles. The second kappa shape index (κ2) is 11.8. The number of phenols is 1. The molecule has 0 aromatic heterocycles. The number of carbonyl (C=O) groups excluding carboxylic acids is 1. The molecule has 0 bridgehead atoms. The maximum atomic E-state index is 14.0. The van der Waals surface area contributed by atoms with Gasteiger partial charge in [-0.25, -0.2) is 8.42 Å². The minimum atomic E-state index is -3.94. The van der Waals surface area contributed by atoms with Gasteiger partial charge in [-0.05, 0) is 86.2 Å². The van der Waals surface area contributed by atoms with Crippen LogP contribution in [0.1, 0.15) is 40.7 Å². The average Bonchev–Trinajstić information content (AvgIpc) is 3.38. The van der Waals surface area contributed by atoms with Crippen molar-refractivity contribution in [3.05, 3.63) is 94.6 Å². The maximum Gasteiger partial charge on any atom is 0.265 e. The van der Waals surface area contributed by atoms with E-state index in [1.165, 1.54) is 10.4 Å². The molecule has 0 spiro atoms. The molecule has 1 aliphatic rings. The summed E-state index contributed by atoms with van der Waals surface area (Å²) >= 11 is 0. The number of nitrogens with one attached hydrogen (secondary N) is 1. The zero-order valence-electron chi connectivity index (χ0n) is 22.0. The largest absolute Gasteiger partial charge is 0.508 e. The van der Waals surface area contributed by atoms with Gasteiger partial charge in [-0.2, -0.15) is 0 Å². The van der Waals surface area contributed by atoms with Gasteiger partial charge in [0.05, 0.1) is 23.2 Å². The molecule has 8 heteroatoms. The van der Waals surface area contributed by atoms with E-state index in [-0.39, 0.29) is 29.2 Å². The number of sulfonamides is 1. The van der Waals surface area contributed by atoms with Crippen LogP contribution < -0.4 is 9.62 Å². The Morgan fingerprint density at radius 3 is 2.42 bits per heavy atom. The van der Waals surface area contributed by atoms with Crippen molar-refractivity contribution < 1.29 is 23.1 Å². The van der Waals surface area contributed by atoms with Crippen LogP contribution in [-0.4, -0.2) is 38.7 Å². The highest BCUT2D eigenvalue weighted by Crippen LogP contribution is 2.31. The van der Waals surface area contributed by atoms with Crippen molar-refractivity contribution in [2.45, 2.75) is 51.2 Å². The summed E-state index contributed by atoms with van der Waals surface area (Å²) in [5, 5.41) is 12.8. The number of hydrogen-bond acceptors (Lipinski definition) is 5. The van der Waals surface area contributed by atoms with E-state index in [0.717, 1.165) is 30.6 Å². The summed E-state index contributed by atoms with van der Waals surface area (Å²) in [5.74, 6) is -0.135. The van der Waals surface area contributed by atoms with Gasteiger partial charge in [0, 0.05) is 19.2 Å². The topological polar surface area (TPSA) is 95.9 Å². The van der Waals surface area contributed by atoms with Gasteiger partial charge in [-0.1, -0.05) is 42.0 Å². The first kappa shape index (κ1) is 27.4. The van der Waals surface area contributed by atoms with Crippen LogP contribution in [0, 0.1) is 20.8 Å². The Kier molecular flexibility index (Phi) is 8.54. The van der Waals surface area contributed by atoms with Crippen molar-refractivity contribution in [2.75, 3.05) is 17.5 Å². The van der Waals surface area contributed by atoms with Crippen LogP contribution in [0.4, 0.5) is 5.69 Å². The number of rotatable bonds is 9. The summed E-state index contributed by atoms with van der Waals surface area (Å²) in [6.07, 6.45) is 5.20. The van der Waals surface area contributed by atoms with Gasteiger partial charge in [0.1, 0.15) is 5.75 Å². The average molecular weight is 535 g/mol. The number of anilines is 1. The Bertz CT molecular complexity index is 1400. The number of ether oxygens (including phenoxy) is 1. The molecule has 1 fully saturated rings. The van der Waals surface area contributed by atoms with Crippen molar-refractivity contribution in [1.82, 2.24) is 5.32 Å². The molecule has 0 radical (unpaired) electrons. The van der Waals surface area contributed by atoms with E-state index >= 15 is 0 Å². The van der Waals surface area contributed by atoms with Crippen molar-refractivity contribution in [3.8, 4) is 5.75 Å². The summed E-state index contributed by atoms with van der Waals surface area (Å²) in [6.45, 7) is 6.82. The summed E-state index contributed by atoms with van der Waals surface area (Å²) in [6, 6.07) is 17.3. The lowest BCUT2D eigenvalue weighted by Gasteiger charge is -2.27. The lowest BCUT2D eigenvalue weighted by molar-refractivity contribution is -0.116. The smallest absolute Gasteiger partial charge is 0.265 e. The van der Waals surface area contributed by atoms with Gasteiger partial charge in [0.15, 0.2) is 0 Å². The summed E-state index contributed by atoms with van der Waals surface area (Å²) in [7, 11) is -3.94. The van der Waals surface area contributed by atoms with E-state index in [0.29, 0.717) is 28.9 Å². The lowest BCUT2D eigenvalue weighted by atomic mass is 10.1. The fourth-order valence-electron chi connectivity index (χ4n) is 4.82. The van der Waals surface area contributed by atoms with Gasteiger partial charge in [-0.3, -0.25) is 9.10 Å². The summed E-state index contributed by atoms with van der Waals surface area (Å²) in [4.78, 5) is 12.5. The normalized spacial score (nSPS) is 15.6. The van der Waals surface area contributed by atoms with Crippen LogP contribution in [0.3, 0.4) is 0 Å². The van der Waals surface area contributed by atoms with E-state index in [4.69, 9.17) is 4.74 Å². The zero-order valence-corrected chi connectivity index (χ0v) is 22.8. The number of hydrogen-bond donors (Lipinski definition) is 2. The van der Waals surface area contributed by atoms with Crippen molar-refractivity contribution in [3.63, 3.8) is 0 Å². The van der Waals surface area contributed by atoms with Gasteiger partial charge >= 0.3 is 0 Å². The molecule has 1 heterocycles. The van der Waals surface area contributed by atoms with Gasteiger partial charge in [0.2, 0.25) is 5.91 Å². The molecule has 1 amide bonds. The molecular weight excluding hydrogens is 500 g/mol. The molecule has 2 N–H and O–H groups in total. The van der Waals surface area contributed by atoms with Crippen molar-refractivity contribution in [1.29, 1.82) is 0 Å². The molecule has 0 aliphatic carbocycles. The number of amides is 1. The number of aryl methyl sites for hydroxylation is 3. The minimum absolute atomic E-state index is 0.0460. The Morgan fingerprint density at radius 1 is 1.08 bits per heavy atom. The fraction of sp³-hybridized carbons (Fsp3) is 0.300. The third-order valence-corrected chi connectivity index (χ3v) is 8.61. The third kappa shape index (κ3) is 6.62. The highest BCUT2D eigenvalue weighted by atomic mass is 32.2. The second-order valence-corrected chi connectivity index (χ2v) is 11.5. The highest BCUT2D eigenvalue weighted by molar-refractivity contribution is 7.92. The molecule has 38 heavy (non-hydrogen) atoms. The van der Waals surface area contributed by atoms with Crippen LogP contribution in [0.15, 0.2) is 71.6 Å². The first-order valence-electron chi connectivity index (χ1n) is 12.7. The van der Waals surface area contributed by atoms with Crippen LogP contribution in [0.2, 0.25) is 0 Å². The van der Waals surface area contributed by atoms with Gasteiger partial charge in [-0.15, -0.1) is 0 Å². The van der Waals surface area contributed by atoms with E-state index in [1.54, 1.807) is 68.5 Å². The summed E-state index contributed by atoms with van der Waals surface area (Å²) in [5.41, 5.74) is 4.25. The molecule has 1 aliphatic heterocycles. The molecule has 3 aromatic carbocycles. The quantitative estimate of drug-likeness (QED) is 0.376. The van der Waals surface area contributed by atoms with Crippen LogP contribution >= 0.6 is 0 Å². The number of phenolic OH excluding ortho intramolecular Hbond substituents is 1. The molecule has 4 rings (SSSR count). The van der Waals surface area contributed by atoms with Crippen LogP contribution in [0.25, 0.3) is 6.08 Å². The van der Waals surface area contributed by atoms with Crippen LogP contribution in [0.5, 0.6) is 5.75 Å². The molecule has 1 atom stereocenters. The molecule has 200 valence electrons. The fourth-order valence-corrected chi connectivity index (χ4v) is 6.69. The second-order valence-electron chi connectivity index (χ2n) is 9.71. The third-order valence-electron chi connectivity index (χ3n) is 6.53. The van der Waals surface area contributed by atoms with Crippen molar-refractivity contribution >= 4 is 27.7 Å². The van der Waals surface area contributed by atoms with Gasteiger partial charge < -0.3 is 15.2 Å². The Labute approximate surface area is 224 Å². The van der Waals surface area contributed by atoms with Crippen LogP contribution in [-0.2, 0) is 26.1 Å². The van der Waals surface area contributed by atoms with E-state index in [9.17, 15) is 18.3 Å². The lowest BCUT2D eigenvalue weighted by Crippen LogP contribution is -2.31. The van der Waals surface area contributed by atoms with Crippen molar-refractivity contribution in [2.24, 2.45) is 0 Å². The first-order valence-corrected chi connectivity index (χ1v) is 14.1. The van der Waals surface area contributed by atoms with E-state index < -0.39 is 10.0 Å². The molecule has 1 saturated heterocycles. The molecule has 3 aromatic rings. The highest BCUT2D eigenvalue weighted by Gasteiger charge is 2.29. The number of nitrogens with zero attached hydrogens (tertiary/aromatic N) is 1. The SMILES string of the molecule is Cc1cc(C)c(S(=O)(=O)N(Cc2cccc(O)c2)c2ccc(C=CC(=O)NCC3CCCO3)cc2)c(C)c1. The monoisotopic (exact) mass is 534 g/mol. The summed E-state index contributed by atoms with van der Waals surface area (Å²) < 4.78 is 35.0. The standard InChI is InChI=1S/C30H34N2O5S/c1-21-16-22(2)30(23(3)17-21)38(35,36)32(20-25-6-4-7-27(33)18-25)26-12-9-24(10-13-26)11-14-29(34)31-19-28-8-5-15-37-28/h4,6-7,9-14,16-18,28,33H,5,8,15,19-20H2,1-3H3,(H,31,34). The minimum Gasteiger partial charge on any atom is -0.508 e. The zero-order chi connectivity index (χ0) is 27.3. The number of aromatic hydroxyl groups is 1. The Balaban J connectivity index is 1.60.